The van der Waals surface area contributed by atoms with E-state index in [1.165, 1.54) is 7.11 Å². The van der Waals surface area contributed by atoms with Gasteiger partial charge < -0.3 is 15.4 Å². The van der Waals surface area contributed by atoms with Crippen molar-refractivity contribution in [1.29, 1.82) is 0 Å². The monoisotopic (exact) mass is 301 g/mol. The van der Waals surface area contributed by atoms with Gasteiger partial charge in [0.05, 0.1) is 23.5 Å². The van der Waals surface area contributed by atoms with E-state index in [2.05, 4.69) is 25.7 Å². The van der Waals surface area contributed by atoms with Crippen LogP contribution in [0.25, 0.3) is 0 Å². The molecule has 5 nitrogen and oxygen atoms in total. The number of rotatable bonds is 5. The predicted octanol–water partition coefficient (Wildman–Crippen LogP) is 1.82. The zero-order valence-electron chi connectivity index (χ0n) is 9.94. The smallest absolute Gasteiger partial charge is 0.325 e. The van der Waals surface area contributed by atoms with Crippen LogP contribution in [0.3, 0.4) is 0 Å². The van der Waals surface area contributed by atoms with E-state index in [1.54, 1.807) is 12.3 Å². The van der Waals surface area contributed by atoms with Crippen LogP contribution in [-0.4, -0.2) is 31.2 Å². The number of methoxy groups -OCH3 is 1. The second-order valence-corrected chi connectivity index (χ2v) is 4.43. The van der Waals surface area contributed by atoms with Gasteiger partial charge in [-0.3, -0.25) is 4.79 Å². The first-order valence-corrected chi connectivity index (χ1v) is 6.10. The molecule has 0 amide bonds. The lowest BCUT2D eigenvalue weighted by Gasteiger charge is -2.22. The van der Waals surface area contributed by atoms with Crippen LogP contribution in [0, 0.1) is 0 Å². The molecule has 0 spiro atoms. The highest BCUT2D eigenvalue weighted by molar-refractivity contribution is 9.10. The summed E-state index contributed by atoms with van der Waals surface area (Å²) in [4.78, 5) is 17.4. The summed E-state index contributed by atoms with van der Waals surface area (Å²) >= 11 is 3.39. The standard InChI is InChI=1S/C11H16BrN3O2/c1-3-4-15(7-10(16)17-2)11-9(12)5-8(13)6-14-11/h5-6H,3-4,7,13H2,1-2H3. The summed E-state index contributed by atoms with van der Waals surface area (Å²) < 4.78 is 5.44. The Bertz CT molecular complexity index is 398. The van der Waals surface area contributed by atoms with Crippen molar-refractivity contribution in [3.05, 3.63) is 16.7 Å². The Kier molecular flexibility index (Phi) is 5.21. The van der Waals surface area contributed by atoms with Crippen molar-refractivity contribution in [2.45, 2.75) is 13.3 Å². The number of ether oxygens (including phenoxy) is 1. The Morgan fingerprint density at radius 1 is 1.65 bits per heavy atom. The van der Waals surface area contributed by atoms with Crippen LogP contribution >= 0.6 is 15.9 Å². The molecule has 1 heterocycles. The zero-order valence-corrected chi connectivity index (χ0v) is 11.5. The number of carbonyl (C=O) groups excluding carboxylic acids is 1. The molecule has 1 aromatic heterocycles. The average Bonchev–Trinajstić information content (AvgIpc) is 2.28. The Morgan fingerprint density at radius 3 is 2.88 bits per heavy atom. The lowest BCUT2D eigenvalue weighted by molar-refractivity contribution is -0.138. The number of nitrogens with zero attached hydrogens (tertiary/aromatic N) is 2. The summed E-state index contributed by atoms with van der Waals surface area (Å²) in [5.41, 5.74) is 6.21. The van der Waals surface area contributed by atoms with Crippen LogP contribution in [0.5, 0.6) is 0 Å². The van der Waals surface area contributed by atoms with Crippen LogP contribution in [0.15, 0.2) is 16.7 Å². The zero-order chi connectivity index (χ0) is 12.8. The summed E-state index contributed by atoms with van der Waals surface area (Å²) in [5.74, 6) is 0.412. The Labute approximate surface area is 109 Å². The van der Waals surface area contributed by atoms with Crippen LogP contribution in [0.1, 0.15) is 13.3 Å². The van der Waals surface area contributed by atoms with Crippen LogP contribution < -0.4 is 10.6 Å². The molecule has 0 aliphatic carbocycles. The van der Waals surface area contributed by atoms with Crippen molar-refractivity contribution in [2.75, 3.05) is 30.8 Å². The summed E-state index contributed by atoms with van der Waals surface area (Å²) in [5, 5.41) is 0. The maximum atomic E-state index is 11.3. The molecule has 0 aromatic carbocycles. The third-order valence-corrected chi connectivity index (χ3v) is 2.77. The highest BCUT2D eigenvalue weighted by Gasteiger charge is 2.15. The van der Waals surface area contributed by atoms with Crippen molar-refractivity contribution in [2.24, 2.45) is 0 Å². The summed E-state index contributed by atoms with van der Waals surface area (Å²) in [6.45, 7) is 2.94. The summed E-state index contributed by atoms with van der Waals surface area (Å²) in [7, 11) is 1.37. The summed E-state index contributed by atoms with van der Waals surface area (Å²) in [6, 6.07) is 1.77. The largest absolute Gasteiger partial charge is 0.468 e. The van der Waals surface area contributed by atoms with Crippen molar-refractivity contribution >= 4 is 33.4 Å². The molecule has 17 heavy (non-hydrogen) atoms. The van der Waals surface area contributed by atoms with Crippen molar-refractivity contribution in [1.82, 2.24) is 4.98 Å². The Hall–Kier alpha value is -1.30. The first-order valence-electron chi connectivity index (χ1n) is 5.31. The third-order valence-electron chi connectivity index (χ3n) is 2.18. The normalized spacial score (nSPS) is 10.1. The molecule has 2 N–H and O–H groups in total. The number of halogens is 1. The van der Waals surface area contributed by atoms with Crippen molar-refractivity contribution in [3.63, 3.8) is 0 Å². The fourth-order valence-electron chi connectivity index (χ4n) is 1.43. The maximum absolute atomic E-state index is 11.3. The Balaban J connectivity index is 2.92. The second kappa shape index (κ2) is 6.44. The van der Waals surface area contributed by atoms with Crippen molar-refractivity contribution in [3.8, 4) is 0 Å². The molecular formula is C11H16BrN3O2. The predicted molar refractivity (Wildman–Crippen MR) is 70.9 cm³/mol. The number of anilines is 2. The molecule has 0 saturated heterocycles. The SMILES string of the molecule is CCCN(CC(=O)OC)c1ncc(N)cc1Br. The number of aromatic nitrogens is 1. The first-order chi connectivity index (χ1) is 8.08. The molecular weight excluding hydrogens is 286 g/mol. The van der Waals surface area contributed by atoms with Gasteiger partial charge >= 0.3 is 5.97 Å². The van der Waals surface area contributed by atoms with Gasteiger partial charge in [0.1, 0.15) is 12.4 Å². The molecule has 0 fully saturated rings. The minimum absolute atomic E-state index is 0.180. The molecule has 1 rings (SSSR count). The molecule has 0 saturated carbocycles. The lowest BCUT2D eigenvalue weighted by Crippen LogP contribution is -2.32. The second-order valence-electron chi connectivity index (χ2n) is 3.57. The molecule has 1 aromatic rings. The van der Waals surface area contributed by atoms with Gasteiger partial charge in [0.25, 0.3) is 0 Å². The molecule has 0 bridgehead atoms. The van der Waals surface area contributed by atoms with Gasteiger partial charge in [0, 0.05) is 6.54 Å². The van der Waals surface area contributed by atoms with Gasteiger partial charge in [0.2, 0.25) is 0 Å². The van der Waals surface area contributed by atoms with E-state index in [0.717, 1.165) is 17.4 Å². The fraction of sp³-hybridized carbons (Fsp3) is 0.455. The lowest BCUT2D eigenvalue weighted by atomic mass is 10.3. The first kappa shape index (κ1) is 13.8. The maximum Gasteiger partial charge on any atom is 0.325 e. The molecule has 0 aliphatic rings. The van der Waals surface area contributed by atoms with Gasteiger partial charge in [0.15, 0.2) is 0 Å². The number of nitrogen functional groups attached to an aromatic ring is 1. The topological polar surface area (TPSA) is 68.5 Å². The van der Waals surface area contributed by atoms with Gasteiger partial charge in [-0.25, -0.2) is 4.98 Å². The highest BCUT2D eigenvalue weighted by Crippen LogP contribution is 2.25. The minimum atomic E-state index is -0.288. The van der Waals surface area contributed by atoms with Crippen LogP contribution in [-0.2, 0) is 9.53 Å². The van der Waals surface area contributed by atoms with E-state index in [9.17, 15) is 4.79 Å². The van der Waals surface area contributed by atoms with Gasteiger partial charge in [-0.05, 0) is 28.4 Å². The van der Waals surface area contributed by atoms with E-state index in [1.807, 2.05) is 11.8 Å². The number of esters is 1. The number of nitrogens with two attached hydrogens (primary N) is 1. The quantitative estimate of drug-likeness (QED) is 0.840. The van der Waals surface area contributed by atoms with Crippen molar-refractivity contribution < 1.29 is 9.53 Å². The number of carbonyl (C=O) groups is 1. The van der Waals surface area contributed by atoms with E-state index in [0.29, 0.717) is 11.5 Å². The molecule has 94 valence electrons. The number of hydrogen-bond acceptors (Lipinski definition) is 5. The molecule has 0 radical (unpaired) electrons. The molecule has 0 atom stereocenters. The van der Waals surface area contributed by atoms with Gasteiger partial charge in [-0.1, -0.05) is 6.92 Å². The summed E-state index contributed by atoms with van der Waals surface area (Å²) in [6.07, 6.45) is 2.48. The number of hydrogen-bond donors (Lipinski definition) is 1. The van der Waals surface area contributed by atoms with E-state index >= 15 is 0 Å². The van der Waals surface area contributed by atoms with Crippen LogP contribution in [0.2, 0.25) is 0 Å². The fourth-order valence-corrected chi connectivity index (χ4v) is 2.05. The van der Waals surface area contributed by atoms with E-state index < -0.39 is 0 Å². The average molecular weight is 302 g/mol. The van der Waals surface area contributed by atoms with E-state index in [4.69, 9.17) is 5.73 Å². The van der Waals surface area contributed by atoms with E-state index in [-0.39, 0.29) is 12.5 Å². The molecule has 6 heteroatoms. The minimum Gasteiger partial charge on any atom is -0.468 e. The molecule has 0 unspecified atom stereocenters. The van der Waals surface area contributed by atoms with Gasteiger partial charge in [-0.15, -0.1) is 0 Å². The highest BCUT2D eigenvalue weighted by atomic mass is 79.9. The van der Waals surface area contributed by atoms with Gasteiger partial charge in [-0.2, -0.15) is 0 Å². The van der Waals surface area contributed by atoms with Crippen LogP contribution in [0.4, 0.5) is 11.5 Å². The number of pyridine rings is 1. The molecule has 0 aliphatic heterocycles. The third kappa shape index (κ3) is 3.89. The Morgan fingerprint density at radius 2 is 2.35 bits per heavy atom.